The third kappa shape index (κ3) is 3.37. The molecule has 6 heteroatoms. The molecular formula is C17H15N4O2-. The van der Waals surface area contributed by atoms with Crippen molar-refractivity contribution in [3.05, 3.63) is 72.1 Å². The van der Waals surface area contributed by atoms with Crippen LogP contribution >= 0.6 is 0 Å². The van der Waals surface area contributed by atoms with Gasteiger partial charge in [-0.15, -0.1) is 0 Å². The summed E-state index contributed by atoms with van der Waals surface area (Å²) in [6.07, 6.45) is 3.59. The number of nitrogens with zero attached hydrogens (tertiary/aromatic N) is 4. The van der Waals surface area contributed by atoms with Gasteiger partial charge in [-0.2, -0.15) is 5.10 Å². The second-order valence-corrected chi connectivity index (χ2v) is 5.11. The predicted octanol–water partition coefficient (Wildman–Crippen LogP) is 1.52. The first kappa shape index (κ1) is 14.8. The highest BCUT2D eigenvalue weighted by atomic mass is 16.4. The smallest absolute Gasteiger partial charge is 0.156 e. The van der Waals surface area contributed by atoms with Crippen molar-refractivity contribution in [2.24, 2.45) is 7.05 Å². The summed E-state index contributed by atoms with van der Waals surface area (Å²) in [5, 5.41) is 15.3. The molecule has 6 nitrogen and oxygen atoms in total. The van der Waals surface area contributed by atoms with Crippen LogP contribution in [0.2, 0.25) is 0 Å². The number of hydrogen-bond donors (Lipinski definition) is 0. The lowest BCUT2D eigenvalue weighted by atomic mass is 10.1. The lowest BCUT2D eigenvalue weighted by molar-refractivity contribution is -0.255. The predicted molar refractivity (Wildman–Crippen MR) is 84.1 cm³/mol. The Morgan fingerprint density at radius 2 is 1.91 bits per heavy atom. The van der Waals surface area contributed by atoms with Gasteiger partial charge in [-0.1, -0.05) is 30.3 Å². The van der Waals surface area contributed by atoms with E-state index in [0.717, 1.165) is 17.2 Å². The molecule has 0 aliphatic heterocycles. The monoisotopic (exact) mass is 307 g/mol. The molecule has 0 aliphatic rings. The average Bonchev–Trinajstić information content (AvgIpc) is 3.00. The molecule has 0 saturated heterocycles. The molecule has 2 aromatic heterocycles. The Kier molecular flexibility index (Phi) is 4.05. The van der Waals surface area contributed by atoms with Gasteiger partial charge in [0.15, 0.2) is 5.82 Å². The summed E-state index contributed by atoms with van der Waals surface area (Å²) in [4.78, 5) is 17.2. The average molecular weight is 307 g/mol. The highest BCUT2D eigenvalue weighted by Crippen LogP contribution is 2.23. The SMILES string of the molecule is Cn1ccc(N(Cc2ccc(C(=O)[O-])cc2)c2ccccn2)n1. The van der Waals surface area contributed by atoms with Crippen LogP contribution in [0.15, 0.2) is 60.9 Å². The normalized spacial score (nSPS) is 10.5. The van der Waals surface area contributed by atoms with Gasteiger partial charge in [0.05, 0.1) is 12.5 Å². The van der Waals surface area contributed by atoms with Crippen molar-refractivity contribution in [1.82, 2.24) is 14.8 Å². The number of carboxylic acids is 1. The van der Waals surface area contributed by atoms with Gasteiger partial charge in [-0.05, 0) is 23.3 Å². The van der Waals surface area contributed by atoms with Gasteiger partial charge < -0.3 is 14.8 Å². The standard InChI is InChI=1S/C17H16N4O2/c1-20-11-9-16(19-20)21(15-4-2-3-10-18-15)12-13-5-7-14(8-6-13)17(22)23/h2-11H,12H2,1H3,(H,22,23)/p-1. The molecule has 116 valence electrons. The maximum absolute atomic E-state index is 10.8. The minimum Gasteiger partial charge on any atom is -0.545 e. The van der Waals surface area contributed by atoms with E-state index in [1.807, 2.05) is 42.4 Å². The number of aromatic carboxylic acids is 1. The molecule has 0 bridgehead atoms. The van der Waals surface area contributed by atoms with Gasteiger partial charge in [0, 0.05) is 25.5 Å². The molecule has 0 N–H and O–H groups in total. The minimum absolute atomic E-state index is 0.163. The molecule has 0 atom stereocenters. The zero-order chi connectivity index (χ0) is 16.2. The molecule has 0 amide bonds. The van der Waals surface area contributed by atoms with Crippen molar-refractivity contribution in [2.75, 3.05) is 4.90 Å². The maximum Gasteiger partial charge on any atom is 0.156 e. The summed E-state index contributed by atoms with van der Waals surface area (Å²) in [5.74, 6) is 0.369. The number of hydrogen-bond acceptors (Lipinski definition) is 5. The summed E-state index contributed by atoms with van der Waals surface area (Å²) in [7, 11) is 1.86. The summed E-state index contributed by atoms with van der Waals surface area (Å²) in [6.45, 7) is 0.529. The summed E-state index contributed by atoms with van der Waals surface area (Å²) >= 11 is 0. The largest absolute Gasteiger partial charge is 0.545 e. The third-order valence-electron chi connectivity index (χ3n) is 3.43. The fourth-order valence-electron chi connectivity index (χ4n) is 2.27. The van der Waals surface area contributed by atoms with Gasteiger partial charge in [0.25, 0.3) is 0 Å². The van der Waals surface area contributed by atoms with Crippen molar-refractivity contribution in [3.63, 3.8) is 0 Å². The Labute approximate surface area is 133 Å². The van der Waals surface area contributed by atoms with Crippen LogP contribution in [-0.4, -0.2) is 20.7 Å². The topological polar surface area (TPSA) is 74.1 Å². The van der Waals surface area contributed by atoms with Gasteiger partial charge >= 0.3 is 0 Å². The lowest BCUT2D eigenvalue weighted by Gasteiger charge is -2.21. The molecule has 1 aromatic carbocycles. The quantitative estimate of drug-likeness (QED) is 0.714. The van der Waals surface area contributed by atoms with E-state index in [-0.39, 0.29) is 5.56 Å². The van der Waals surface area contributed by atoms with Crippen molar-refractivity contribution in [1.29, 1.82) is 0 Å². The van der Waals surface area contributed by atoms with Crippen LogP contribution in [0.1, 0.15) is 15.9 Å². The number of carbonyl (C=O) groups is 1. The Bertz CT molecular complexity index is 797. The molecule has 3 rings (SSSR count). The van der Waals surface area contributed by atoms with Crippen LogP contribution < -0.4 is 10.0 Å². The summed E-state index contributed by atoms with van der Waals surface area (Å²) < 4.78 is 1.73. The molecule has 3 aromatic rings. The van der Waals surface area contributed by atoms with E-state index >= 15 is 0 Å². The van der Waals surface area contributed by atoms with Crippen LogP contribution in [-0.2, 0) is 13.6 Å². The van der Waals surface area contributed by atoms with Crippen LogP contribution in [0, 0.1) is 0 Å². The van der Waals surface area contributed by atoms with Crippen LogP contribution in [0.5, 0.6) is 0 Å². The molecule has 0 radical (unpaired) electrons. The van der Waals surface area contributed by atoms with Crippen molar-refractivity contribution < 1.29 is 9.90 Å². The second kappa shape index (κ2) is 6.31. The van der Waals surface area contributed by atoms with Gasteiger partial charge in [0.2, 0.25) is 0 Å². The number of carbonyl (C=O) groups excluding carboxylic acids is 1. The fraction of sp³-hybridized carbons (Fsp3) is 0.118. The number of benzene rings is 1. The first-order valence-electron chi connectivity index (χ1n) is 7.12. The summed E-state index contributed by atoms with van der Waals surface area (Å²) in [6, 6.07) is 14.2. The van der Waals surface area contributed by atoms with E-state index in [1.165, 1.54) is 0 Å². The van der Waals surface area contributed by atoms with E-state index in [9.17, 15) is 9.90 Å². The number of aryl methyl sites for hydroxylation is 1. The van der Waals surface area contributed by atoms with E-state index in [0.29, 0.717) is 6.54 Å². The highest BCUT2D eigenvalue weighted by molar-refractivity contribution is 5.85. The van der Waals surface area contributed by atoms with E-state index < -0.39 is 5.97 Å². The Balaban J connectivity index is 1.91. The molecule has 23 heavy (non-hydrogen) atoms. The maximum atomic E-state index is 10.8. The Morgan fingerprint density at radius 3 is 2.48 bits per heavy atom. The van der Waals surface area contributed by atoms with Crippen molar-refractivity contribution in [3.8, 4) is 0 Å². The minimum atomic E-state index is -1.18. The summed E-state index contributed by atoms with van der Waals surface area (Å²) in [5.41, 5.74) is 1.11. The number of rotatable bonds is 5. The number of aromatic nitrogens is 3. The highest BCUT2D eigenvalue weighted by Gasteiger charge is 2.13. The number of pyridine rings is 1. The van der Waals surface area contributed by atoms with E-state index in [2.05, 4.69) is 10.1 Å². The molecular weight excluding hydrogens is 292 g/mol. The molecule has 0 aliphatic carbocycles. The van der Waals surface area contributed by atoms with E-state index in [1.54, 1.807) is 35.1 Å². The fourth-order valence-corrected chi connectivity index (χ4v) is 2.27. The lowest BCUT2D eigenvalue weighted by Crippen LogP contribution is -2.22. The Morgan fingerprint density at radius 1 is 1.13 bits per heavy atom. The van der Waals surface area contributed by atoms with Gasteiger partial charge in [-0.25, -0.2) is 4.98 Å². The van der Waals surface area contributed by atoms with Gasteiger partial charge in [0.1, 0.15) is 5.82 Å². The van der Waals surface area contributed by atoms with Crippen molar-refractivity contribution in [2.45, 2.75) is 6.54 Å². The third-order valence-corrected chi connectivity index (χ3v) is 3.43. The first-order chi connectivity index (χ1) is 11.1. The Hall–Kier alpha value is -3.15. The molecule has 0 spiro atoms. The van der Waals surface area contributed by atoms with E-state index in [4.69, 9.17) is 0 Å². The zero-order valence-corrected chi connectivity index (χ0v) is 12.6. The molecule has 0 unspecified atom stereocenters. The van der Waals surface area contributed by atoms with Gasteiger partial charge in [-0.3, -0.25) is 4.68 Å². The van der Waals surface area contributed by atoms with Crippen LogP contribution in [0.4, 0.5) is 11.6 Å². The molecule has 0 saturated carbocycles. The second-order valence-electron chi connectivity index (χ2n) is 5.11. The number of anilines is 2. The molecule has 2 heterocycles. The van der Waals surface area contributed by atoms with Crippen LogP contribution in [0.25, 0.3) is 0 Å². The zero-order valence-electron chi connectivity index (χ0n) is 12.6. The number of carboxylic acid groups (broad SMARTS) is 1. The van der Waals surface area contributed by atoms with Crippen molar-refractivity contribution >= 4 is 17.6 Å². The molecule has 0 fully saturated rings. The first-order valence-corrected chi connectivity index (χ1v) is 7.12. The van der Waals surface area contributed by atoms with Crippen LogP contribution in [0.3, 0.4) is 0 Å².